The molecule has 7 N–H and O–H groups in total. The Hall–Kier alpha value is -3.76. The van der Waals surface area contributed by atoms with Crippen molar-refractivity contribution in [2.45, 2.75) is 57.3 Å². The highest BCUT2D eigenvalue weighted by atomic mass is 16.4. The Labute approximate surface area is 216 Å². The van der Waals surface area contributed by atoms with Gasteiger partial charge < -0.3 is 31.9 Å². The van der Waals surface area contributed by atoms with E-state index in [0.717, 1.165) is 11.1 Å². The van der Waals surface area contributed by atoms with Gasteiger partial charge in [-0.2, -0.15) is 0 Å². The summed E-state index contributed by atoms with van der Waals surface area (Å²) >= 11 is 0. The molecule has 0 saturated carbocycles. The van der Waals surface area contributed by atoms with E-state index in [1.54, 1.807) is 37.3 Å². The third-order valence-electron chi connectivity index (χ3n) is 6.14. The topological polar surface area (TPSA) is 171 Å². The van der Waals surface area contributed by atoms with Crippen molar-refractivity contribution in [3.8, 4) is 0 Å². The minimum Gasteiger partial charge on any atom is -0.480 e. The molecule has 3 amide bonds. The minimum absolute atomic E-state index is 0.0672. The van der Waals surface area contributed by atoms with Crippen molar-refractivity contribution in [1.82, 2.24) is 16.0 Å². The third kappa shape index (κ3) is 9.32. The number of benzene rings is 2. The average Bonchev–Trinajstić information content (AvgIpc) is 2.90. The number of nitrogens with two attached hydrogens (primary N) is 1. The lowest BCUT2D eigenvalue weighted by atomic mass is 9.97. The molecule has 0 aliphatic rings. The molecule has 0 bridgehead atoms. The van der Waals surface area contributed by atoms with Gasteiger partial charge in [0.15, 0.2) is 0 Å². The summed E-state index contributed by atoms with van der Waals surface area (Å²) in [6.45, 7) is 2.85. The lowest BCUT2D eigenvalue weighted by Crippen LogP contribution is -2.59. The van der Waals surface area contributed by atoms with Gasteiger partial charge in [0.25, 0.3) is 0 Å². The molecule has 5 atom stereocenters. The lowest BCUT2D eigenvalue weighted by molar-refractivity contribution is -0.142. The number of carbonyl (C=O) groups excluding carboxylic acids is 3. The number of carboxylic acids is 1. The maximum Gasteiger partial charge on any atom is 0.326 e. The molecule has 0 aliphatic carbocycles. The van der Waals surface area contributed by atoms with Crippen molar-refractivity contribution in [3.63, 3.8) is 0 Å². The van der Waals surface area contributed by atoms with Crippen LogP contribution in [-0.4, -0.2) is 64.7 Å². The minimum atomic E-state index is -1.34. The molecular weight excluding hydrogens is 476 g/mol. The van der Waals surface area contributed by atoms with Crippen LogP contribution >= 0.6 is 0 Å². The standard InChI is InChI=1S/C27H36N4O6/c1-3-17(2)23(26(35)29-21(27(36)37)15-19-12-8-5-9-13-19)31-25(34)22(16-32)30-24(33)20(28)14-18-10-6-4-7-11-18/h4-13,17,20-23,32H,3,14-16,28H2,1-2H3,(H,29,35)(H,30,33)(H,31,34)(H,36,37). The molecule has 5 unspecified atom stereocenters. The van der Waals surface area contributed by atoms with Gasteiger partial charge in [-0.15, -0.1) is 0 Å². The highest BCUT2D eigenvalue weighted by molar-refractivity contribution is 5.94. The van der Waals surface area contributed by atoms with Crippen LogP contribution in [0, 0.1) is 5.92 Å². The molecule has 37 heavy (non-hydrogen) atoms. The number of carbonyl (C=O) groups is 4. The number of amides is 3. The molecule has 2 rings (SSSR count). The number of hydrogen-bond donors (Lipinski definition) is 6. The van der Waals surface area contributed by atoms with E-state index >= 15 is 0 Å². The Morgan fingerprint density at radius 2 is 1.30 bits per heavy atom. The number of rotatable bonds is 14. The highest BCUT2D eigenvalue weighted by Crippen LogP contribution is 2.11. The number of aliphatic hydroxyl groups is 1. The van der Waals surface area contributed by atoms with Crippen LogP contribution in [0.15, 0.2) is 60.7 Å². The number of aliphatic carboxylic acids is 1. The van der Waals surface area contributed by atoms with E-state index in [-0.39, 0.29) is 18.8 Å². The van der Waals surface area contributed by atoms with E-state index < -0.39 is 54.5 Å². The molecule has 200 valence electrons. The first-order valence-electron chi connectivity index (χ1n) is 12.2. The maximum atomic E-state index is 13.1. The monoisotopic (exact) mass is 512 g/mol. The van der Waals surface area contributed by atoms with Gasteiger partial charge in [-0.1, -0.05) is 80.9 Å². The molecule has 0 radical (unpaired) electrons. The molecule has 0 fully saturated rings. The van der Waals surface area contributed by atoms with Crippen LogP contribution in [0.3, 0.4) is 0 Å². The fourth-order valence-electron chi connectivity index (χ4n) is 3.70. The van der Waals surface area contributed by atoms with Gasteiger partial charge in [0.05, 0.1) is 12.6 Å². The van der Waals surface area contributed by atoms with Crippen LogP contribution in [0.5, 0.6) is 0 Å². The van der Waals surface area contributed by atoms with Crippen molar-refractivity contribution in [1.29, 1.82) is 0 Å². The molecular formula is C27H36N4O6. The van der Waals surface area contributed by atoms with E-state index in [1.807, 2.05) is 37.3 Å². The zero-order valence-corrected chi connectivity index (χ0v) is 21.1. The smallest absolute Gasteiger partial charge is 0.326 e. The zero-order chi connectivity index (χ0) is 27.4. The van der Waals surface area contributed by atoms with Gasteiger partial charge in [-0.25, -0.2) is 4.79 Å². The average molecular weight is 513 g/mol. The summed E-state index contributed by atoms with van der Waals surface area (Å²) in [5, 5.41) is 26.9. The van der Waals surface area contributed by atoms with E-state index in [4.69, 9.17) is 5.73 Å². The van der Waals surface area contributed by atoms with Crippen LogP contribution in [0.25, 0.3) is 0 Å². The van der Waals surface area contributed by atoms with E-state index in [0.29, 0.717) is 6.42 Å². The van der Waals surface area contributed by atoms with Crippen LogP contribution in [0.4, 0.5) is 0 Å². The van der Waals surface area contributed by atoms with Gasteiger partial charge in [0, 0.05) is 6.42 Å². The molecule has 10 heteroatoms. The zero-order valence-electron chi connectivity index (χ0n) is 21.1. The molecule has 0 spiro atoms. The number of carboxylic acid groups (broad SMARTS) is 1. The number of hydrogen-bond acceptors (Lipinski definition) is 6. The van der Waals surface area contributed by atoms with E-state index in [1.165, 1.54) is 0 Å². The largest absolute Gasteiger partial charge is 0.480 e. The predicted molar refractivity (Wildman–Crippen MR) is 138 cm³/mol. The van der Waals surface area contributed by atoms with Crippen LogP contribution < -0.4 is 21.7 Å². The molecule has 0 heterocycles. The Bertz CT molecular complexity index is 1030. The van der Waals surface area contributed by atoms with Gasteiger partial charge in [-0.3, -0.25) is 14.4 Å². The van der Waals surface area contributed by atoms with Crippen molar-refractivity contribution in [2.75, 3.05) is 6.61 Å². The van der Waals surface area contributed by atoms with Gasteiger partial charge in [0.2, 0.25) is 17.7 Å². The quantitative estimate of drug-likeness (QED) is 0.212. The fourth-order valence-corrected chi connectivity index (χ4v) is 3.70. The van der Waals surface area contributed by atoms with Gasteiger partial charge >= 0.3 is 5.97 Å². The molecule has 2 aromatic carbocycles. The second kappa shape index (κ2) is 14.7. The summed E-state index contributed by atoms with van der Waals surface area (Å²) < 4.78 is 0. The molecule has 2 aromatic rings. The maximum absolute atomic E-state index is 13.1. The van der Waals surface area contributed by atoms with Gasteiger partial charge in [-0.05, 0) is 23.5 Å². The van der Waals surface area contributed by atoms with Crippen molar-refractivity contribution in [3.05, 3.63) is 71.8 Å². The second-order valence-corrected chi connectivity index (χ2v) is 9.00. The third-order valence-corrected chi connectivity index (χ3v) is 6.14. The molecule has 10 nitrogen and oxygen atoms in total. The second-order valence-electron chi connectivity index (χ2n) is 9.00. The Morgan fingerprint density at radius 1 is 0.784 bits per heavy atom. The van der Waals surface area contributed by atoms with Crippen LogP contribution in [0.2, 0.25) is 0 Å². The highest BCUT2D eigenvalue weighted by Gasteiger charge is 2.32. The van der Waals surface area contributed by atoms with Gasteiger partial charge in [0.1, 0.15) is 18.1 Å². The van der Waals surface area contributed by atoms with Crippen LogP contribution in [0.1, 0.15) is 31.4 Å². The fraction of sp³-hybridized carbons (Fsp3) is 0.407. The SMILES string of the molecule is CCC(C)C(NC(=O)C(CO)NC(=O)C(N)Cc1ccccc1)C(=O)NC(Cc1ccccc1)C(=O)O. The number of aliphatic hydroxyl groups excluding tert-OH is 1. The summed E-state index contributed by atoms with van der Waals surface area (Å²) in [4.78, 5) is 50.3. The van der Waals surface area contributed by atoms with Crippen molar-refractivity contribution >= 4 is 23.7 Å². The Kier molecular flexibility index (Phi) is 11.7. The normalized spacial score (nSPS) is 14.9. The Balaban J connectivity index is 2.05. The first-order valence-corrected chi connectivity index (χ1v) is 12.2. The summed E-state index contributed by atoms with van der Waals surface area (Å²) in [5.74, 6) is -3.64. The Morgan fingerprint density at radius 3 is 1.78 bits per heavy atom. The molecule has 0 saturated heterocycles. The number of nitrogens with one attached hydrogen (secondary N) is 3. The molecule has 0 aromatic heterocycles. The van der Waals surface area contributed by atoms with E-state index in [9.17, 15) is 29.4 Å². The summed E-state index contributed by atoms with van der Waals surface area (Å²) in [6.07, 6.45) is 0.812. The van der Waals surface area contributed by atoms with Crippen molar-refractivity contribution < 1.29 is 29.4 Å². The molecule has 0 aliphatic heterocycles. The summed E-state index contributed by atoms with van der Waals surface area (Å²) in [5.41, 5.74) is 7.54. The summed E-state index contributed by atoms with van der Waals surface area (Å²) in [6, 6.07) is 13.4. The lowest BCUT2D eigenvalue weighted by Gasteiger charge is -2.27. The summed E-state index contributed by atoms with van der Waals surface area (Å²) in [7, 11) is 0. The first kappa shape index (κ1) is 29.5. The predicted octanol–water partition coefficient (Wildman–Crippen LogP) is 0.377. The van der Waals surface area contributed by atoms with Crippen molar-refractivity contribution in [2.24, 2.45) is 11.7 Å². The first-order chi connectivity index (χ1) is 17.7. The van der Waals surface area contributed by atoms with E-state index in [2.05, 4.69) is 16.0 Å². The van der Waals surface area contributed by atoms with Crippen LogP contribution in [-0.2, 0) is 32.0 Å².